The largest absolute Gasteiger partial charge is 0.490 e. The second kappa shape index (κ2) is 7.26. The molecule has 20 heavy (non-hydrogen) atoms. The minimum atomic E-state index is 0.0184. The fraction of sp³-hybridized carbons (Fsp3) is 0.533. The van der Waals surface area contributed by atoms with Crippen molar-refractivity contribution in [2.75, 3.05) is 33.4 Å². The first-order valence-corrected chi connectivity index (χ1v) is 6.98. The van der Waals surface area contributed by atoms with Crippen LogP contribution in [0.1, 0.15) is 23.2 Å². The monoisotopic (exact) mass is 278 g/mol. The second-order valence-electron chi connectivity index (χ2n) is 4.97. The lowest BCUT2D eigenvalue weighted by molar-refractivity contribution is 0.0708. The molecule has 1 aromatic rings. The molecule has 1 fully saturated rings. The van der Waals surface area contributed by atoms with Crippen molar-refractivity contribution in [2.45, 2.75) is 18.9 Å². The highest BCUT2D eigenvalue weighted by Gasteiger charge is 2.23. The molecule has 0 atom stereocenters. The van der Waals surface area contributed by atoms with Gasteiger partial charge in [0.2, 0.25) is 0 Å². The molecule has 110 valence electrons. The number of methoxy groups -OCH3 is 1. The predicted molar refractivity (Wildman–Crippen MR) is 76.9 cm³/mol. The van der Waals surface area contributed by atoms with Crippen LogP contribution in [0.5, 0.6) is 5.75 Å². The van der Waals surface area contributed by atoms with Crippen LogP contribution in [0.25, 0.3) is 0 Å². The molecular weight excluding hydrogens is 256 g/mol. The van der Waals surface area contributed by atoms with Crippen molar-refractivity contribution in [3.8, 4) is 5.75 Å². The van der Waals surface area contributed by atoms with Gasteiger partial charge in [-0.1, -0.05) is 12.1 Å². The van der Waals surface area contributed by atoms with Crippen LogP contribution in [-0.2, 0) is 4.74 Å². The van der Waals surface area contributed by atoms with Crippen LogP contribution >= 0.6 is 0 Å². The van der Waals surface area contributed by atoms with E-state index in [-0.39, 0.29) is 11.9 Å². The zero-order valence-electron chi connectivity index (χ0n) is 11.9. The maximum Gasteiger partial charge on any atom is 0.257 e. The van der Waals surface area contributed by atoms with Crippen LogP contribution in [0.15, 0.2) is 24.3 Å². The van der Waals surface area contributed by atoms with Crippen molar-refractivity contribution in [2.24, 2.45) is 5.73 Å². The third-order valence-corrected chi connectivity index (χ3v) is 3.49. The Labute approximate surface area is 119 Å². The maximum absolute atomic E-state index is 12.5. The van der Waals surface area contributed by atoms with E-state index >= 15 is 0 Å². The van der Waals surface area contributed by atoms with Gasteiger partial charge in [0, 0.05) is 26.2 Å². The van der Waals surface area contributed by atoms with Crippen molar-refractivity contribution < 1.29 is 14.3 Å². The quantitative estimate of drug-likeness (QED) is 0.824. The van der Waals surface area contributed by atoms with Crippen LogP contribution in [0.3, 0.4) is 0 Å². The summed E-state index contributed by atoms with van der Waals surface area (Å²) in [5.41, 5.74) is 6.48. The molecule has 0 spiro atoms. The summed E-state index contributed by atoms with van der Waals surface area (Å²) in [5, 5.41) is 0. The maximum atomic E-state index is 12.5. The molecule has 0 aromatic heterocycles. The standard InChI is InChI=1S/C15H22N2O3/c1-19-10-11-20-14-5-3-2-4-13(14)15(18)17-8-6-12(16)7-9-17/h2-5,12H,6-11,16H2,1H3. The number of likely N-dealkylation sites (tertiary alicyclic amines) is 1. The number of hydrogen-bond acceptors (Lipinski definition) is 4. The molecule has 0 unspecified atom stereocenters. The van der Waals surface area contributed by atoms with Gasteiger partial charge >= 0.3 is 0 Å². The number of para-hydroxylation sites is 1. The molecule has 0 aliphatic carbocycles. The van der Waals surface area contributed by atoms with Crippen LogP contribution in [-0.4, -0.2) is 50.3 Å². The molecule has 1 amide bonds. The van der Waals surface area contributed by atoms with Gasteiger partial charge in [-0.3, -0.25) is 4.79 Å². The van der Waals surface area contributed by atoms with E-state index in [2.05, 4.69) is 0 Å². The summed E-state index contributed by atoms with van der Waals surface area (Å²) < 4.78 is 10.6. The van der Waals surface area contributed by atoms with Crippen LogP contribution in [0.4, 0.5) is 0 Å². The molecule has 1 heterocycles. The Morgan fingerprint density at radius 1 is 1.30 bits per heavy atom. The Morgan fingerprint density at radius 3 is 2.70 bits per heavy atom. The number of hydrogen-bond donors (Lipinski definition) is 1. The van der Waals surface area contributed by atoms with Crippen LogP contribution in [0, 0.1) is 0 Å². The van der Waals surface area contributed by atoms with Crippen LogP contribution < -0.4 is 10.5 Å². The van der Waals surface area contributed by atoms with E-state index in [1.807, 2.05) is 23.1 Å². The summed E-state index contributed by atoms with van der Waals surface area (Å²) in [6.07, 6.45) is 1.72. The number of nitrogens with two attached hydrogens (primary N) is 1. The van der Waals surface area contributed by atoms with E-state index in [1.165, 1.54) is 0 Å². The molecule has 1 aromatic carbocycles. The van der Waals surface area contributed by atoms with Gasteiger partial charge in [0.05, 0.1) is 12.2 Å². The normalized spacial score (nSPS) is 16.2. The smallest absolute Gasteiger partial charge is 0.257 e. The zero-order chi connectivity index (χ0) is 14.4. The number of amides is 1. The number of benzene rings is 1. The van der Waals surface area contributed by atoms with E-state index < -0.39 is 0 Å². The lowest BCUT2D eigenvalue weighted by atomic mass is 10.0. The van der Waals surface area contributed by atoms with Gasteiger partial charge in [-0.25, -0.2) is 0 Å². The Bertz CT molecular complexity index is 442. The lowest BCUT2D eigenvalue weighted by Crippen LogP contribution is -2.42. The summed E-state index contributed by atoms with van der Waals surface area (Å²) in [4.78, 5) is 14.4. The average molecular weight is 278 g/mol. The van der Waals surface area contributed by atoms with E-state index in [9.17, 15) is 4.79 Å². The Kier molecular flexibility index (Phi) is 5.38. The summed E-state index contributed by atoms with van der Waals surface area (Å²) in [6.45, 7) is 2.37. The molecule has 1 aliphatic heterocycles. The third-order valence-electron chi connectivity index (χ3n) is 3.49. The van der Waals surface area contributed by atoms with E-state index in [0.29, 0.717) is 37.6 Å². The van der Waals surface area contributed by atoms with E-state index in [4.69, 9.17) is 15.2 Å². The predicted octanol–water partition coefficient (Wildman–Crippen LogP) is 1.28. The van der Waals surface area contributed by atoms with Gasteiger partial charge < -0.3 is 20.1 Å². The Morgan fingerprint density at radius 2 is 2.00 bits per heavy atom. The number of carbonyl (C=O) groups is 1. The average Bonchev–Trinajstić information content (AvgIpc) is 2.48. The number of nitrogens with zero attached hydrogens (tertiary/aromatic N) is 1. The summed E-state index contributed by atoms with van der Waals surface area (Å²) in [6, 6.07) is 7.56. The summed E-state index contributed by atoms with van der Waals surface area (Å²) >= 11 is 0. The number of carbonyl (C=O) groups excluding carboxylic acids is 1. The highest BCUT2D eigenvalue weighted by atomic mass is 16.5. The Hall–Kier alpha value is -1.59. The first kappa shape index (κ1) is 14.8. The molecule has 2 N–H and O–H groups in total. The van der Waals surface area contributed by atoms with Crippen molar-refractivity contribution >= 4 is 5.91 Å². The van der Waals surface area contributed by atoms with Crippen molar-refractivity contribution in [3.05, 3.63) is 29.8 Å². The summed E-state index contributed by atoms with van der Waals surface area (Å²) in [7, 11) is 1.62. The van der Waals surface area contributed by atoms with Gasteiger partial charge in [-0.05, 0) is 25.0 Å². The molecule has 0 radical (unpaired) electrons. The fourth-order valence-corrected chi connectivity index (χ4v) is 2.28. The van der Waals surface area contributed by atoms with Crippen molar-refractivity contribution in [1.82, 2.24) is 4.90 Å². The minimum Gasteiger partial charge on any atom is -0.490 e. The molecule has 5 nitrogen and oxygen atoms in total. The third kappa shape index (κ3) is 3.71. The molecule has 5 heteroatoms. The molecule has 1 aliphatic rings. The molecular formula is C15H22N2O3. The molecule has 2 rings (SSSR count). The molecule has 0 saturated carbocycles. The molecule has 1 saturated heterocycles. The van der Waals surface area contributed by atoms with E-state index in [1.54, 1.807) is 13.2 Å². The fourth-order valence-electron chi connectivity index (χ4n) is 2.28. The number of piperidine rings is 1. The highest BCUT2D eigenvalue weighted by Crippen LogP contribution is 2.21. The highest BCUT2D eigenvalue weighted by molar-refractivity contribution is 5.97. The minimum absolute atomic E-state index is 0.0184. The topological polar surface area (TPSA) is 64.8 Å². The summed E-state index contributed by atoms with van der Waals surface area (Å²) in [5.74, 6) is 0.634. The second-order valence-corrected chi connectivity index (χ2v) is 4.97. The van der Waals surface area contributed by atoms with Crippen LogP contribution in [0.2, 0.25) is 0 Å². The number of rotatable bonds is 5. The lowest BCUT2D eigenvalue weighted by Gasteiger charge is -2.30. The van der Waals surface area contributed by atoms with Gasteiger partial charge in [0.1, 0.15) is 12.4 Å². The Balaban J connectivity index is 2.05. The van der Waals surface area contributed by atoms with Crippen molar-refractivity contribution in [1.29, 1.82) is 0 Å². The van der Waals surface area contributed by atoms with Gasteiger partial charge in [0.25, 0.3) is 5.91 Å². The van der Waals surface area contributed by atoms with Gasteiger partial charge in [-0.2, -0.15) is 0 Å². The first-order valence-electron chi connectivity index (χ1n) is 6.98. The first-order chi connectivity index (χ1) is 9.72. The van der Waals surface area contributed by atoms with E-state index in [0.717, 1.165) is 12.8 Å². The van der Waals surface area contributed by atoms with Crippen molar-refractivity contribution in [3.63, 3.8) is 0 Å². The SMILES string of the molecule is COCCOc1ccccc1C(=O)N1CCC(N)CC1. The number of ether oxygens (including phenoxy) is 2. The zero-order valence-corrected chi connectivity index (χ0v) is 11.9. The van der Waals surface area contributed by atoms with Gasteiger partial charge in [-0.15, -0.1) is 0 Å². The van der Waals surface area contributed by atoms with Gasteiger partial charge in [0.15, 0.2) is 0 Å². The molecule has 0 bridgehead atoms.